The molecule has 0 saturated heterocycles. The molecule has 0 spiro atoms. The summed E-state index contributed by atoms with van der Waals surface area (Å²) >= 11 is 0. The molecule has 0 radical (unpaired) electrons. The van der Waals surface area contributed by atoms with Gasteiger partial charge in [0.25, 0.3) is 0 Å². The van der Waals surface area contributed by atoms with Crippen LogP contribution in [0.15, 0.2) is 17.0 Å². The third-order valence-corrected chi connectivity index (χ3v) is 5.67. The van der Waals surface area contributed by atoms with Crippen molar-refractivity contribution in [3.05, 3.63) is 29.1 Å². The zero-order valence-corrected chi connectivity index (χ0v) is 12.8. The Morgan fingerprint density at radius 2 is 2.05 bits per heavy atom. The Morgan fingerprint density at radius 1 is 1.45 bits per heavy atom. The van der Waals surface area contributed by atoms with Gasteiger partial charge in [-0.05, 0) is 42.4 Å². The van der Waals surface area contributed by atoms with Crippen molar-refractivity contribution in [1.82, 2.24) is 4.72 Å². The van der Waals surface area contributed by atoms with Gasteiger partial charge < -0.3 is 5.73 Å². The van der Waals surface area contributed by atoms with Gasteiger partial charge in [-0.1, -0.05) is 13.8 Å². The Kier molecular flexibility index (Phi) is 3.92. The van der Waals surface area contributed by atoms with Crippen LogP contribution in [-0.2, 0) is 16.6 Å². The molecule has 20 heavy (non-hydrogen) atoms. The maximum atomic E-state index is 13.7. The number of nitrogens with two attached hydrogens (primary N) is 1. The Bertz CT molecular complexity index is 626. The summed E-state index contributed by atoms with van der Waals surface area (Å²) in [6.45, 7) is 6.17. The third-order valence-electron chi connectivity index (χ3n) is 4.12. The molecule has 0 bridgehead atoms. The number of halogens is 1. The van der Waals surface area contributed by atoms with Gasteiger partial charge in [0.2, 0.25) is 10.0 Å². The second-order valence-corrected chi connectivity index (χ2v) is 7.88. The van der Waals surface area contributed by atoms with Crippen LogP contribution in [0.5, 0.6) is 0 Å². The number of hydrogen-bond acceptors (Lipinski definition) is 3. The average Bonchev–Trinajstić information content (AvgIpc) is 2.98. The zero-order chi connectivity index (χ0) is 15.1. The van der Waals surface area contributed by atoms with Gasteiger partial charge in [0.05, 0.1) is 4.90 Å². The lowest BCUT2D eigenvalue weighted by molar-refractivity contribution is 0.536. The number of nitrogens with one attached hydrogen (secondary N) is 1. The lowest BCUT2D eigenvalue weighted by atomic mass is 10.1. The van der Waals surface area contributed by atoms with E-state index in [1.165, 1.54) is 19.1 Å². The van der Waals surface area contributed by atoms with E-state index in [0.717, 1.165) is 6.42 Å². The minimum Gasteiger partial charge on any atom is -0.326 e. The smallest absolute Gasteiger partial charge is 0.240 e. The van der Waals surface area contributed by atoms with Crippen LogP contribution in [0.25, 0.3) is 0 Å². The second-order valence-electron chi connectivity index (χ2n) is 6.15. The molecule has 1 unspecified atom stereocenters. The molecule has 1 aliphatic rings. The van der Waals surface area contributed by atoms with Gasteiger partial charge in [0.15, 0.2) is 0 Å². The predicted octanol–water partition coefficient (Wildman–Crippen LogP) is 1.92. The fourth-order valence-electron chi connectivity index (χ4n) is 2.32. The molecule has 1 fully saturated rings. The normalized spacial score (nSPS) is 20.9. The van der Waals surface area contributed by atoms with Crippen molar-refractivity contribution < 1.29 is 12.8 Å². The highest BCUT2D eigenvalue weighted by Gasteiger charge is 2.45. The fraction of sp³-hybridized carbons (Fsp3) is 0.571. The first-order valence-electron chi connectivity index (χ1n) is 6.66. The van der Waals surface area contributed by atoms with Crippen molar-refractivity contribution in [2.24, 2.45) is 17.1 Å². The minimum absolute atomic E-state index is 0.0172. The monoisotopic (exact) mass is 300 g/mol. The first-order valence-corrected chi connectivity index (χ1v) is 8.14. The van der Waals surface area contributed by atoms with Gasteiger partial charge in [0.1, 0.15) is 5.82 Å². The van der Waals surface area contributed by atoms with Crippen molar-refractivity contribution in [1.29, 1.82) is 0 Å². The van der Waals surface area contributed by atoms with Gasteiger partial charge >= 0.3 is 0 Å². The second kappa shape index (κ2) is 5.09. The van der Waals surface area contributed by atoms with Crippen LogP contribution >= 0.6 is 0 Å². The molecule has 0 heterocycles. The minimum atomic E-state index is -3.70. The molecule has 0 aliphatic heterocycles. The van der Waals surface area contributed by atoms with E-state index in [1.54, 1.807) is 0 Å². The first kappa shape index (κ1) is 15.4. The summed E-state index contributed by atoms with van der Waals surface area (Å²) in [5.41, 5.74) is 6.26. The molecule has 4 nitrogen and oxygen atoms in total. The predicted molar refractivity (Wildman–Crippen MR) is 76.1 cm³/mol. The summed E-state index contributed by atoms with van der Waals surface area (Å²) < 4.78 is 40.9. The van der Waals surface area contributed by atoms with Crippen molar-refractivity contribution in [3.63, 3.8) is 0 Å². The molecule has 112 valence electrons. The van der Waals surface area contributed by atoms with Gasteiger partial charge in [-0.3, -0.25) is 0 Å². The summed E-state index contributed by atoms with van der Waals surface area (Å²) in [6, 6.07) is 2.72. The molecule has 1 atom stereocenters. The van der Waals surface area contributed by atoms with Gasteiger partial charge in [-0.2, -0.15) is 0 Å². The number of hydrogen-bond donors (Lipinski definition) is 2. The van der Waals surface area contributed by atoms with E-state index in [9.17, 15) is 12.8 Å². The number of sulfonamides is 1. The van der Waals surface area contributed by atoms with E-state index in [2.05, 4.69) is 18.6 Å². The highest BCUT2D eigenvalue weighted by Crippen LogP contribution is 2.51. The lowest BCUT2D eigenvalue weighted by Crippen LogP contribution is -2.28. The van der Waals surface area contributed by atoms with Gasteiger partial charge in [0, 0.05) is 18.7 Å². The molecule has 0 aromatic heterocycles. The highest BCUT2D eigenvalue weighted by atomic mass is 32.2. The summed E-state index contributed by atoms with van der Waals surface area (Å²) in [5, 5.41) is 0. The SMILES string of the molecule is Cc1c(F)cc(CN)cc1S(=O)(=O)NCC1CC1(C)C. The van der Waals surface area contributed by atoms with Gasteiger partial charge in [-0.25, -0.2) is 17.5 Å². The van der Waals surface area contributed by atoms with Crippen LogP contribution < -0.4 is 10.5 Å². The summed E-state index contributed by atoms with van der Waals surface area (Å²) in [6.07, 6.45) is 1.01. The fourth-order valence-corrected chi connectivity index (χ4v) is 3.70. The number of rotatable bonds is 5. The Labute approximate surface area is 119 Å². The molecular weight excluding hydrogens is 279 g/mol. The summed E-state index contributed by atoms with van der Waals surface area (Å²) in [5.74, 6) is -0.194. The average molecular weight is 300 g/mol. The molecule has 1 aromatic carbocycles. The van der Waals surface area contributed by atoms with Crippen LogP contribution in [0.1, 0.15) is 31.4 Å². The molecule has 3 N–H and O–H groups in total. The van der Waals surface area contributed by atoms with E-state index in [-0.39, 0.29) is 22.4 Å². The molecule has 6 heteroatoms. The first-order chi connectivity index (χ1) is 9.17. The topological polar surface area (TPSA) is 72.2 Å². The third kappa shape index (κ3) is 3.02. The molecule has 1 aromatic rings. The van der Waals surface area contributed by atoms with E-state index >= 15 is 0 Å². The maximum Gasteiger partial charge on any atom is 0.240 e. The Morgan fingerprint density at radius 3 is 2.55 bits per heavy atom. The van der Waals surface area contributed by atoms with E-state index in [1.807, 2.05) is 0 Å². The van der Waals surface area contributed by atoms with Crippen LogP contribution in [0.4, 0.5) is 4.39 Å². The summed E-state index contributed by atoms with van der Waals surface area (Å²) in [4.78, 5) is -0.0172. The van der Waals surface area contributed by atoms with E-state index in [0.29, 0.717) is 18.0 Å². The van der Waals surface area contributed by atoms with E-state index in [4.69, 9.17) is 5.73 Å². The largest absolute Gasteiger partial charge is 0.326 e. The molecule has 1 saturated carbocycles. The standard InChI is InChI=1S/C14H21FN2O2S/c1-9-12(15)4-10(7-16)5-13(9)20(18,19)17-8-11-6-14(11,2)3/h4-5,11,17H,6-8,16H2,1-3H3. The van der Waals surface area contributed by atoms with E-state index < -0.39 is 15.8 Å². The molecular formula is C14H21FN2O2S. The van der Waals surface area contributed by atoms with Crippen LogP contribution in [-0.4, -0.2) is 15.0 Å². The molecule has 1 aliphatic carbocycles. The maximum absolute atomic E-state index is 13.7. The van der Waals surface area contributed by atoms with Crippen molar-refractivity contribution in [2.75, 3.05) is 6.54 Å². The Balaban J connectivity index is 2.23. The lowest BCUT2D eigenvalue weighted by Gasteiger charge is -2.12. The zero-order valence-electron chi connectivity index (χ0n) is 12.0. The van der Waals surface area contributed by atoms with Crippen molar-refractivity contribution >= 4 is 10.0 Å². The summed E-state index contributed by atoms with van der Waals surface area (Å²) in [7, 11) is -3.70. The number of benzene rings is 1. The van der Waals surface area contributed by atoms with Crippen molar-refractivity contribution in [2.45, 2.75) is 38.6 Å². The Hall–Kier alpha value is -0.980. The van der Waals surface area contributed by atoms with Crippen molar-refractivity contribution in [3.8, 4) is 0 Å². The molecule has 0 amide bonds. The van der Waals surface area contributed by atoms with Crippen LogP contribution in [0, 0.1) is 24.1 Å². The van der Waals surface area contributed by atoms with Gasteiger partial charge in [-0.15, -0.1) is 0 Å². The quantitative estimate of drug-likeness (QED) is 0.872. The van der Waals surface area contributed by atoms with Crippen LogP contribution in [0.2, 0.25) is 0 Å². The molecule has 2 rings (SSSR count). The highest BCUT2D eigenvalue weighted by molar-refractivity contribution is 7.89. The van der Waals surface area contributed by atoms with Crippen LogP contribution in [0.3, 0.4) is 0 Å².